The van der Waals surface area contributed by atoms with E-state index in [9.17, 15) is 4.79 Å². The molecule has 0 saturated heterocycles. The van der Waals surface area contributed by atoms with Crippen molar-refractivity contribution in [2.75, 3.05) is 17.2 Å². The number of hydrogen-bond donors (Lipinski definition) is 2. The highest BCUT2D eigenvalue weighted by Crippen LogP contribution is 2.23. The van der Waals surface area contributed by atoms with E-state index in [2.05, 4.69) is 62.6 Å². The third kappa shape index (κ3) is 5.12. The lowest BCUT2D eigenvalue weighted by Crippen LogP contribution is -2.16. The number of para-hydroxylation sites is 1. The monoisotopic (exact) mass is 324 g/mol. The summed E-state index contributed by atoms with van der Waals surface area (Å²) in [7, 11) is 0. The van der Waals surface area contributed by atoms with Crippen LogP contribution in [0.1, 0.15) is 57.1 Å². The molecule has 2 rings (SSSR count). The van der Waals surface area contributed by atoms with Gasteiger partial charge < -0.3 is 10.6 Å². The maximum absolute atomic E-state index is 12.1. The molecule has 3 nitrogen and oxygen atoms in total. The van der Waals surface area contributed by atoms with E-state index in [4.69, 9.17) is 0 Å². The van der Waals surface area contributed by atoms with Gasteiger partial charge in [-0.1, -0.05) is 58.0 Å². The quantitative estimate of drug-likeness (QED) is 0.718. The summed E-state index contributed by atoms with van der Waals surface area (Å²) in [6.07, 6.45) is 0.443. The molecule has 0 aliphatic rings. The van der Waals surface area contributed by atoms with Crippen LogP contribution in [0.5, 0.6) is 0 Å². The Labute approximate surface area is 145 Å². The molecule has 1 amide bonds. The van der Waals surface area contributed by atoms with Crippen molar-refractivity contribution >= 4 is 17.3 Å². The van der Waals surface area contributed by atoms with Crippen molar-refractivity contribution in [3.63, 3.8) is 0 Å². The summed E-state index contributed by atoms with van der Waals surface area (Å²) in [4.78, 5) is 12.1. The molecule has 0 aliphatic carbocycles. The summed E-state index contributed by atoms with van der Waals surface area (Å²) in [5.74, 6) is 0.990. The Bertz CT molecular complexity index is 660. The fourth-order valence-corrected chi connectivity index (χ4v) is 2.65. The minimum Gasteiger partial charge on any atom is -0.384 e. The van der Waals surface area contributed by atoms with Gasteiger partial charge in [0.15, 0.2) is 0 Å². The molecule has 2 aromatic rings. The molecule has 0 atom stereocenters. The zero-order valence-corrected chi connectivity index (χ0v) is 15.1. The topological polar surface area (TPSA) is 41.1 Å². The van der Waals surface area contributed by atoms with Crippen LogP contribution >= 0.6 is 0 Å². The maximum atomic E-state index is 12.1. The van der Waals surface area contributed by atoms with Gasteiger partial charge >= 0.3 is 0 Å². The van der Waals surface area contributed by atoms with Gasteiger partial charge in [-0.15, -0.1) is 0 Å². The summed E-state index contributed by atoms with van der Waals surface area (Å²) in [5, 5.41) is 6.33. The zero-order valence-electron chi connectivity index (χ0n) is 15.1. The first-order valence-electron chi connectivity index (χ1n) is 8.70. The summed E-state index contributed by atoms with van der Waals surface area (Å²) in [5.41, 5.74) is 4.52. The molecule has 128 valence electrons. The molecule has 0 saturated carbocycles. The van der Waals surface area contributed by atoms with E-state index < -0.39 is 0 Å². The number of anilines is 2. The first kappa shape index (κ1) is 18.1. The maximum Gasteiger partial charge on any atom is 0.226 e. The van der Waals surface area contributed by atoms with Crippen molar-refractivity contribution in [2.45, 2.75) is 46.0 Å². The normalized spacial score (nSPS) is 10.9. The molecule has 2 N–H and O–H groups in total. The molecule has 0 radical (unpaired) electrons. The lowest BCUT2D eigenvalue weighted by atomic mass is 10.0. The highest BCUT2D eigenvalue weighted by Gasteiger charge is 2.07. The molecule has 3 heteroatoms. The Morgan fingerprint density at radius 3 is 2.21 bits per heavy atom. The van der Waals surface area contributed by atoms with Crippen LogP contribution in [0.15, 0.2) is 48.5 Å². The molecule has 0 spiro atoms. The predicted molar refractivity (Wildman–Crippen MR) is 103 cm³/mol. The van der Waals surface area contributed by atoms with Crippen molar-refractivity contribution in [1.29, 1.82) is 0 Å². The number of benzene rings is 2. The Morgan fingerprint density at radius 1 is 0.917 bits per heavy atom. The molecule has 0 fully saturated rings. The van der Waals surface area contributed by atoms with Crippen LogP contribution < -0.4 is 10.6 Å². The van der Waals surface area contributed by atoms with Crippen molar-refractivity contribution in [3.8, 4) is 0 Å². The van der Waals surface area contributed by atoms with Crippen LogP contribution in [0.25, 0.3) is 0 Å². The van der Waals surface area contributed by atoms with Crippen LogP contribution in [-0.4, -0.2) is 12.5 Å². The van der Waals surface area contributed by atoms with Gasteiger partial charge in [-0.2, -0.15) is 0 Å². The summed E-state index contributed by atoms with van der Waals surface area (Å²) in [6.45, 7) is 9.30. The standard InChI is InChI=1S/C21H28N2O/c1-15(2)17-9-11-18(12-10-17)23-21(24)13-14-22-20-8-6-5-7-19(20)16(3)4/h5-12,15-16,22H,13-14H2,1-4H3,(H,23,24). The minimum absolute atomic E-state index is 0.0295. The number of rotatable bonds is 7. The van der Waals surface area contributed by atoms with E-state index >= 15 is 0 Å². The van der Waals surface area contributed by atoms with Gasteiger partial charge in [0.1, 0.15) is 0 Å². The number of nitrogens with one attached hydrogen (secondary N) is 2. The van der Waals surface area contributed by atoms with Crippen LogP contribution in [0.3, 0.4) is 0 Å². The zero-order chi connectivity index (χ0) is 17.5. The molecule has 0 heterocycles. The molecule has 0 bridgehead atoms. The van der Waals surface area contributed by atoms with Gasteiger partial charge in [0, 0.05) is 24.3 Å². The molecule has 2 aromatic carbocycles. The fourth-order valence-electron chi connectivity index (χ4n) is 2.65. The number of hydrogen-bond acceptors (Lipinski definition) is 2. The molecule has 0 unspecified atom stereocenters. The molecule has 0 aliphatic heterocycles. The Kier molecular flexibility index (Phi) is 6.42. The minimum atomic E-state index is 0.0295. The van der Waals surface area contributed by atoms with Crippen LogP contribution in [0.4, 0.5) is 11.4 Å². The molecular formula is C21H28N2O. The lowest BCUT2D eigenvalue weighted by molar-refractivity contribution is -0.115. The third-order valence-corrected chi connectivity index (χ3v) is 4.11. The van der Waals surface area contributed by atoms with Gasteiger partial charge in [0.2, 0.25) is 5.91 Å². The summed E-state index contributed by atoms with van der Waals surface area (Å²) in [6, 6.07) is 16.3. The van der Waals surface area contributed by atoms with Gasteiger partial charge in [-0.05, 0) is 41.2 Å². The van der Waals surface area contributed by atoms with Gasteiger partial charge in [-0.3, -0.25) is 4.79 Å². The lowest BCUT2D eigenvalue weighted by Gasteiger charge is -2.14. The Morgan fingerprint density at radius 2 is 1.58 bits per heavy atom. The average Bonchev–Trinajstić information content (AvgIpc) is 2.55. The van der Waals surface area contributed by atoms with E-state index in [0.29, 0.717) is 24.8 Å². The molecular weight excluding hydrogens is 296 g/mol. The highest BCUT2D eigenvalue weighted by atomic mass is 16.1. The first-order chi connectivity index (χ1) is 11.5. The second kappa shape index (κ2) is 8.53. The van der Waals surface area contributed by atoms with Crippen molar-refractivity contribution in [3.05, 3.63) is 59.7 Å². The Hall–Kier alpha value is -2.29. The second-order valence-corrected chi connectivity index (χ2v) is 6.74. The van der Waals surface area contributed by atoms with Crippen molar-refractivity contribution < 1.29 is 4.79 Å². The van der Waals surface area contributed by atoms with Crippen LogP contribution in [0.2, 0.25) is 0 Å². The van der Waals surface area contributed by atoms with E-state index in [-0.39, 0.29) is 5.91 Å². The summed E-state index contributed by atoms with van der Waals surface area (Å²) < 4.78 is 0. The van der Waals surface area contributed by atoms with Crippen LogP contribution in [-0.2, 0) is 4.79 Å². The third-order valence-electron chi connectivity index (χ3n) is 4.11. The second-order valence-electron chi connectivity index (χ2n) is 6.74. The predicted octanol–water partition coefficient (Wildman–Crippen LogP) is 5.37. The van der Waals surface area contributed by atoms with E-state index in [1.807, 2.05) is 24.3 Å². The average molecular weight is 324 g/mol. The largest absolute Gasteiger partial charge is 0.384 e. The number of amides is 1. The molecule has 24 heavy (non-hydrogen) atoms. The van der Waals surface area contributed by atoms with Crippen molar-refractivity contribution in [2.24, 2.45) is 0 Å². The van der Waals surface area contributed by atoms with Gasteiger partial charge in [0.05, 0.1) is 0 Å². The smallest absolute Gasteiger partial charge is 0.226 e. The van der Waals surface area contributed by atoms with Gasteiger partial charge in [-0.25, -0.2) is 0 Å². The van der Waals surface area contributed by atoms with Crippen LogP contribution in [0, 0.1) is 0 Å². The first-order valence-corrected chi connectivity index (χ1v) is 8.70. The SMILES string of the molecule is CC(C)c1ccc(NC(=O)CCNc2ccccc2C(C)C)cc1. The number of carbonyl (C=O) groups is 1. The summed E-state index contributed by atoms with van der Waals surface area (Å²) >= 11 is 0. The van der Waals surface area contributed by atoms with E-state index in [0.717, 1.165) is 11.4 Å². The fraction of sp³-hybridized carbons (Fsp3) is 0.381. The Balaban J connectivity index is 1.83. The van der Waals surface area contributed by atoms with Crippen molar-refractivity contribution in [1.82, 2.24) is 0 Å². The molecule has 0 aromatic heterocycles. The van der Waals surface area contributed by atoms with Gasteiger partial charge in [0.25, 0.3) is 0 Å². The van der Waals surface area contributed by atoms with E-state index in [1.165, 1.54) is 11.1 Å². The van der Waals surface area contributed by atoms with E-state index in [1.54, 1.807) is 0 Å². The number of carbonyl (C=O) groups excluding carboxylic acids is 1. The highest BCUT2D eigenvalue weighted by molar-refractivity contribution is 5.91.